The first kappa shape index (κ1) is 15.0. The van der Waals surface area contributed by atoms with Gasteiger partial charge in [0.25, 0.3) is 0 Å². The van der Waals surface area contributed by atoms with E-state index >= 15 is 0 Å². The van der Waals surface area contributed by atoms with Crippen LogP contribution >= 0.6 is 0 Å². The molecular formula is C14H24N4O2. The largest absolute Gasteiger partial charge is 0.383 e. The summed E-state index contributed by atoms with van der Waals surface area (Å²) >= 11 is 0. The van der Waals surface area contributed by atoms with E-state index in [1.54, 1.807) is 7.11 Å². The Morgan fingerprint density at radius 3 is 3.15 bits per heavy atom. The van der Waals surface area contributed by atoms with Gasteiger partial charge in [-0.25, -0.2) is 4.98 Å². The third-order valence-corrected chi connectivity index (χ3v) is 3.33. The van der Waals surface area contributed by atoms with Crippen LogP contribution in [0.25, 0.3) is 0 Å². The molecule has 1 aromatic heterocycles. The number of nitrogens with zero attached hydrogens (tertiary/aromatic N) is 2. The summed E-state index contributed by atoms with van der Waals surface area (Å²) in [6.07, 6.45) is 7.41. The zero-order valence-electron chi connectivity index (χ0n) is 12.1. The van der Waals surface area contributed by atoms with E-state index in [0.29, 0.717) is 19.1 Å². The van der Waals surface area contributed by atoms with Gasteiger partial charge in [-0.05, 0) is 19.3 Å². The fourth-order valence-electron chi connectivity index (χ4n) is 2.02. The Hall–Kier alpha value is -1.40. The molecule has 2 N–H and O–H groups in total. The molecular weight excluding hydrogens is 256 g/mol. The molecule has 0 saturated heterocycles. The van der Waals surface area contributed by atoms with Crippen molar-refractivity contribution in [1.82, 2.24) is 20.2 Å². The molecule has 0 unspecified atom stereocenters. The summed E-state index contributed by atoms with van der Waals surface area (Å²) in [5.41, 5.74) is 1.14. The molecule has 0 aromatic carbocycles. The normalized spacial score (nSPS) is 14.4. The van der Waals surface area contributed by atoms with E-state index in [-0.39, 0.29) is 5.91 Å². The van der Waals surface area contributed by atoms with Gasteiger partial charge >= 0.3 is 0 Å². The predicted molar refractivity (Wildman–Crippen MR) is 76.2 cm³/mol. The number of carbonyl (C=O) groups excluding carboxylic acids is 1. The maximum atomic E-state index is 11.6. The van der Waals surface area contributed by atoms with E-state index in [4.69, 9.17) is 4.74 Å². The van der Waals surface area contributed by atoms with Gasteiger partial charge < -0.3 is 19.9 Å². The van der Waals surface area contributed by atoms with Crippen LogP contribution in [0.1, 0.15) is 31.4 Å². The zero-order valence-corrected chi connectivity index (χ0v) is 12.1. The fourth-order valence-corrected chi connectivity index (χ4v) is 2.02. The van der Waals surface area contributed by atoms with Crippen LogP contribution in [0, 0.1) is 0 Å². The van der Waals surface area contributed by atoms with Crippen molar-refractivity contribution in [1.29, 1.82) is 0 Å². The molecule has 112 valence electrons. The highest BCUT2D eigenvalue weighted by Gasteiger charge is 2.22. The van der Waals surface area contributed by atoms with Crippen molar-refractivity contribution in [3.05, 3.63) is 18.2 Å². The SMILES string of the molecule is COCCNCc1cncn1CCCC(=O)NC1CC1. The molecule has 1 saturated carbocycles. The van der Waals surface area contributed by atoms with Crippen molar-refractivity contribution in [3.8, 4) is 0 Å². The topological polar surface area (TPSA) is 68.2 Å². The summed E-state index contributed by atoms with van der Waals surface area (Å²) in [7, 11) is 1.69. The molecule has 1 aromatic rings. The number of nitrogens with one attached hydrogen (secondary N) is 2. The number of rotatable bonds is 10. The summed E-state index contributed by atoms with van der Waals surface area (Å²) in [4.78, 5) is 15.8. The Bertz CT molecular complexity index is 415. The highest BCUT2D eigenvalue weighted by molar-refractivity contribution is 5.76. The number of hydrogen-bond donors (Lipinski definition) is 2. The second kappa shape index (κ2) is 8.01. The highest BCUT2D eigenvalue weighted by atomic mass is 16.5. The average Bonchev–Trinajstić information content (AvgIpc) is 3.13. The van der Waals surface area contributed by atoms with E-state index in [2.05, 4.69) is 20.2 Å². The molecule has 6 nitrogen and oxygen atoms in total. The number of aromatic nitrogens is 2. The molecule has 1 fully saturated rings. The molecule has 0 spiro atoms. The second-order valence-electron chi connectivity index (χ2n) is 5.19. The number of ether oxygens (including phenoxy) is 1. The van der Waals surface area contributed by atoms with Crippen molar-refractivity contribution in [2.75, 3.05) is 20.3 Å². The zero-order chi connectivity index (χ0) is 14.2. The van der Waals surface area contributed by atoms with Gasteiger partial charge in [-0.3, -0.25) is 4.79 Å². The van der Waals surface area contributed by atoms with E-state index in [9.17, 15) is 4.79 Å². The van der Waals surface area contributed by atoms with Gasteiger partial charge in [0, 0.05) is 45.4 Å². The minimum Gasteiger partial charge on any atom is -0.383 e. The molecule has 0 radical (unpaired) electrons. The molecule has 6 heteroatoms. The van der Waals surface area contributed by atoms with Crippen molar-refractivity contribution in [2.45, 2.75) is 44.8 Å². The number of carbonyl (C=O) groups is 1. The van der Waals surface area contributed by atoms with Gasteiger partial charge in [0.05, 0.1) is 18.6 Å². The van der Waals surface area contributed by atoms with Crippen LogP contribution in [0.5, 0.6) is 0 Å². The summed E-state index contributed by atoms with van der Waals surface area (Å²) < 4.78 is 7.09. The molecule has 2 rings (SSSR count). The predicted octanol–water partition coefficient (Wildman–Crippen LogP) is 0.678. The molecule has 0 aliphatic heterocycles. The first-order chi connectivity index (χ1) is 9.79. The summed E-state index contributed by atoms with van der Waals surface area (Å²) in [6.45, 7) is 3.14. The standard InChI is InChI=1S/C14H24N4O2/c1-20-8-6-15-9-13-10-16-11-18(13)7-2-3-14(19)17-12-4-5-12/h10-12,15H,2-9H2,1H3,(H,17,19). The smallest absolute Gasteiger partial charge is 0.220 e. The van der Waals surface area contributed by atoms with Crippen molar-refractivity contribution < 1.29 is 9.53 Å². The summed E-state index contributed by atoms with van der Waals surface area (Å²) in [6, 6.07) is 0.455. The summed E-state index contributed by atoms with van der Waals surface area (Å²) in [5.74, 6) is 0.174. The van der Waals surface area contributed by atoms with E-state index in [1.807, 2.05) is 12.5 Å². The number of amides is 1. The van der Waals surface area contributed by atoms with E-state index in [0.717, 1.165) is 44.6 Å². The van der Waals surface area contributed by atoms with Crippen molar-refractivity contribution in [2.24, 2.45) is 0 Å². The highest BCUT2D eigenvalue weighted by Crippen LogP contribution is 2.18. The van der Waals surface area contributed by atoms with Gasteiger partial charge in [-0.1, -0.05) is 0 Å². The van der Waals surface area contributed by atoms with Crippen LogP contribution in [0.3, 0.4) is 0 Å². The Morgan fingerprint density at radius 1 is 1.55 bits per heavy atom. The lowest BCUT2D eigenvalue weighted by Gasteiger charge is -2.09. The monoisotopic (exact) mass is 280 g/mol. The minimum absolute atomic E-state index is 0.174. The number of hydrogen-bond acceptors (Lipinski definition) is 4. The maximum absolute atomic E-state index is 11.6. The van der Waals surface area contributed by atoms with Crippen molar-refractivity contribution in [3.63, 3.8) is 0 Å². The lowest BCUT2D eigenvalue weighted by molar-refractivity contribution is -0.121. The molecule has 1 aliphatic carbocycles. The van der Waals surface area contributed by atoms with Crippen LogP contribution in [-0.4, -0.2) is 41.8 Å². The van der Waals surface area contributed by atoms with Crippen LogP contribution in [0.15, 0.2) is 12.5 Å². The molecule has 1 amide bonds. The van der Waals surface area contributed by atoms with Crippen LogP contribution in [-0.2, 0) is 22.6 Å². The molecule has 20 heavy (non-hydrogen) atoms. The molecule has 1 heterocycles. The Balaban J connectivity index is 1.64. The molecule has 0 atom stereocenters. The fraction of sp³-hybridized carbons (Fsp3) is 0.714. The van der Waals surface area contributed by atoms with Gasteiger partial charge in [0.2, 0.25) is 5.91 Å². The van der Waals surface area contributed by atoms with Crippen molar-refractivity contribution >= 4 is 5.91 Å². The first-order valence-corrected chi connectivity index (χ1v) is 7.27. The third-order valence-electron chi connectivity index (χ3n) is 3.33. The maximum Gasteiger partial charge on any atom is 0.220 e. The van der Waals surface area contributed by atoms with Gasteiger partial charge in [-0.15, -0.1) is 0 Å². The van der Waals surface area contributed by atoms with Gasteiger partial charge in [-0.2, -0.15) is 0 Å². The first-order valence-electron chi connectivity index (χ1n) is 7.27. The lowest BCUT2D eigenvalue weighted by Crippen LogP contribution is -2.25. The Morgan fingerprint density at radius 2 is 2.40 bits per heavy atom. The lowest BCUT2D eigenvalue weighted by atomic mass is 10.3. The number of imidazole rings is 1. The van der Waals surface area contributed by atoms with Gasteiger partial charge in [0.15, 0.2) is 0 Å². The van der Waals surface area contributed by atoms with Crippen LogP contribution in [0.2, 0.25) is 0 Å². The number of methoxy groups -OCH3 is 1. The molecule has 1 aliphatic rings. The Kier molecular flexibility index (Phi) is 6.01. The van der Waals surface area contributed by atoms with Crippen LogP contribution < -0.4 is 10.6 Å². The molecule has 0 bridgehead atoms. The number of aryl methyl sites for hydroxylation is 1. The average molecular weight is 280 g/mol. The van der Waals surface area contributed by atoms with Crippen LogP contribution in [0.4, 0.5) is 0 Å². The second-order valence-corrected chi connectivity index (χ2v) is 5.19. The Labute approximate surface area is 119 Å². The quantitative estimate of drug-likeness (QED) is 0.618. The van der Waals surface area contributed by atoms with E-state index in [1.165, 1.54) is 0 Å². The minimum atomic E-state index is 0.174. The third kappa shape index (κ3) is 5.30. The summed E-state index contributed by atoms with van der Waals surface area (Å²) in [5, 5.41) is 6.30. The van der Waals surface area contributed by atoms with E-state index < -0.39 is 0 Å². The van der Waals surface area contributed by atoms with Gasteiger partial charge in [0.1, 0.15) is 0 Å².